The number of hydrogen-bond donors (Lipinski definition) is 1. The first kappa shape index (κ1) is 10.3. The van der Waals surface area contributed by atoms with Crippen LogP contribution in [0.25, 0.3) is 11.4 Å². The van der Waals surface area contributed by atoms with Crippen LogP contribution in [0, 0.1) is 5.21 Å². The van der Waals surface area contributed by atoms with E-state index in [0.29, 0.717) is 0 Å². The van der Waals surface area contributed by atoms with Crippen LogP contribution in [0.1, 0.15) is 5.69 Å². The molecule has 6 nitrogen and oxygen atoms in total. The van der Waals surface area contributed by atoms with Gasteiger partial charge in [-0.2, -0.15) is 23.1 Å². The lowest BCUT2D eigenvalue weighted by molar-refractivity contribution is -0.628. The fourth-order valence-corrected chi connectivity index (χ4v) is 1.22. The van der Waals surface area contributed by atoms with Crippen molar-refractivity contribution in [1.82, 2.24) is 20.6 Å². The molecule has 0 aromatic carbocycles. The molecule has 0 radical (unpaired) electrons. The zero-order valence-corrected chi connectivity index (χ0v) is 7.56. The van der Waals surface area contributed by atoms with Crippen molar-refractivity contribution in [3.63, 3.8) is 0 Å². The molecule has 0 saturated carbocycles. The van der Waals surface area contributed by atoms with Crippen LogP contribution in [0.5, 0.6) is 0 Å². The maximum Gasteiger partial charge on any atom is 0.479 e. The molecule has 0 bridgehead atoms. The van der Waals surface area contributed by atoms with Crippen LogP contribution in [0.3, 0.4) is 0 Å². The fraction of sp³-hybridized carbons (Fsp3) is 0.143. The Kier molecular flexibility index (Phi) is 2.22. The maximum absolute atomic E-state index is 12.6. The normalized spacial score (nSPS) is 11.7. The van der Waals surface area contributed by atoms with Crippen molar-refractivity contribution in [2.45, 2.75) is 6.18 Å². The van der Waals surface area contributed by atoms with Gasteiger partial charge in [-0.3, -0.25) is 0 Å². The molecule has 0 atom stereocenters. The molecule has 2 aromatic rings. The van der Waals surface area contributed by atoms with Gasteiger partial charge in [0.2, 0.25) is 5.82 Å². The second-order valence-corrected chi connectivity index (χ2v) is 2.83. The molecule has 16 heavy (non-hydrogen) atoms. The Morgan fingerprint density at radius 3 is 2.69 bits per heavy atom. The molecule has 1 N–H and O–H groups in total. The van der Waals surface area contributed by atoms with Crippen molar-refractivity contribution >= 4 is 0 Å². The van der Waals surface area contributed by atoms with Crippen LogP contribution < -0.4 is 4.73 Å². The Hall–Kier alpha value is -2.19. The number of aromatic amines is 1. The molecule has 2 rings (SSSR count). The molecule has 0 unspecified atom stereocenters. The average molecular weight is 231 g/mol. The molecule has 0 fully saturated rings. The summed E-state index contributed by atoms with van der Waals surface area (Å²) in [4.78, 5) is 0. The predicted molar refractivity (Wildman–Crippen MR) is 43.6 cm³/mol. The third-order valence-corrected chi connectivity index (χ3v) is 1.81. The van der Waals surface area contributed by atoms with Gasteiger partial charge in [-0.15, -0.1) is 10.2 Å². The van der Waals surface area contributed by atoms with Gasteiger partial charge in [0, 0.05) is 6.07 Å². The number of H-pyrrole nitrogens is 1. The minimum atomic E-state index is -4.78. The van der Waals surface area contributed by atoms with Gasteiger partial charge in [0.15, 0.2) is 6.20 Å². The van der Waals surface area contributed by atoms with E-state index >= 15 is 0 Å². The van der Waals surface area contributed by atoms with E-state index in [1.54, 1.807) is 0 Å². The highest BCUT2D eigenvalue weighted by Gasteiger charge is 2.43. The molecule has 0 saturated heterocycles. The first-order chi connectivity index (χ1) is 7.50. The first-order valence-corrected chi connectivity index (χ1v) is 4.03. The molecule has 0 spiro atoms. The van der Waals surface area contributed by atoms with E-state index in [-0.39, 0.29) is 10.6 Å². The van der Waals surface area contributed by atoms with Crippen molar-refractivity contribution in [3.05, 3.63) is 29.2 Å². The summed E-state index contributed by atoms with van der Waals surface area (Å²) in [6, 6.07) is 2.27. The lowest BCUT2D eigenvalue weighted by Gasteiger charge is -2.09. The van der Waals surface area contributed by atoms with E-state index in [2.05, 4.69) is 15.4 Å². The minimum absolute atomic E-state index is 0.272. The van der Waals surface area contributed by atoms with E-state index < -0.39 is 17.4 Å². The third-order valence-electron chi connectivity index (χ3n) is 1.81. The van der Waals surface area contributed by atoms with Gasteiger partial charge in [0.25, 0.3) is 0 Å². The Balaban J connectivity index is 2.67. The number of nitrogens with zero attached hydrogens (tertiary/aromatic N) is 4. The first-order valence-electron chi connectivity index (χ1n) is 4.03. The monoisotopic (exact) mass is 231 g/mol. The topological polar surface area (TPSA) is 81.4 Å². The number of alkyl halides is 3. The average Bonchev–Trinajstić information content (AvgIpc) is 2.67. The summed E-state index contributed by atoms with van der Waals surface area (Å²) in [6.45, 7) is 0. The molecule has 0 aliphatic rings. The molecular formula is C7H4F3N5O. The lowest BCUT2D eigenvalue weighted by atomic mass is 10.2. The number of pyridine rings is 1. The van der Waals surface area contributed by atoms with E-state index in [1.165, 1.54) is 6.07 Å². The summed E-state index contributed by atoms with van der Waals surface area (Å²) >= 11 is 0. The highest BCUT2D eigenvalue weighted by Crippen LogP contribution is 2.32. The van der Waals surface area contributed by atoms with Crippen molar-refractivity contribution in [3.8, 4) is 11.4 Å². The van der Waals surface area contributed by atoms with Crippen LogP contribution >= 0.6 is 0 Å². The zero-order chi connectivity index (χ0) is 11.8. The third kappa shape index (κ3) is 1.66. The zero-order valence-electron chi connectivity index (χ0n) is 7.56. The number of halogens is 3. The Labute approximate surface area is 86.3 Å². The van der Waals surface area contributed by atoms with Crippen LogP contribution in [0.4, 0.5) is 13.2 Å². The predicted octanol–water partition coefficient (Wildman–Crippen LogP) is 0.519. The SMILES string of the molecule is [O-][n+]1cccc(-c2nn[nH]n2)c1C(F)(F)F. The van der Waals surface area contributed by atoms with Crippen LogP contribution in [-0.2, 0) is 6.18 Å². The molecular weight excluding hydrogens is 227 g/mol. The molecule has 9 heteroatoms. The second kappa shape index (κ2) is 3.43. The minimum Gasteiger partial charge on any atom is -0.618 e. The van der Waals surface area contributed by atoms with Crippen LogP contribution in [-0.4, -0.2) is 20.6 Å². The highest BCUT2D eigenvalue weighted by atomic mass is 19.4. The van der Waals surface area contributed by atoms with Crippen molar-refractivity contribution in [2.75, 3.05) is 0 Å². The second-order valence-electron chi connectivity index (χ2n) is 2.83. The number of aromatic nitrogens is 5. The summed E-state index contributed by atoms with van der Waals surface area (Å²) in [7, 11) is 0. The summed E-state index contributed by atoms with van der Waals surface area (Å²) in [6.07, 6.45) is -4.02. The van der Waals surface area contributed by atoms with Gasteiger partial charge in [-0.25, -0.2) is 0 Å². The Bertz CT molecular complexity index is 495. The van der Waals surface area contributed by atoms with Crippen molar-refractivity contribution in [2.24, 2.45) is 0 Å². The summed E-state index contributed by atoms with van der Waals surface area (Å²) < 4.78 is 37.5. The molecule has 2 aromatic heterocycles. The Morgan fingerprint density at radius 2 is 2.12 bits per heavy atom. The van der Waals surface area contributed by atoms with Gasteiger partial charge in [0.1, 0.15) is 5.56 Å². The van der Waals surface area contributed by atoms with E-state index in [9.17, 15) is 18.4 Å². The number of tetrazole rings is 1. The van der Waals surface area contributed by atoms with Gasteiger partial charge in [0.05, 0.1) is 0 Å². The number of nitrogens with one attached hydrogen (secondary N) is 1. The number of hydrogen-bond acceptors (Lipinski definition) is 4. The van der Waals surface area contributed by atoms with Gasteiger partial charge in [-0.05, 0) is 11.3 Å². The van der Waals surface area contributed by atoms with Gasteiger partial charge in [-0.1, -0.05) is 0 Å². The highest BCUT2D eigenvalue weighted by molar-refractivity contribution is 5.56. The van der Waals surface area contributed by atoms with Gasteiger partial charge < -0.3 is 5.21 Å². The largest absolute Gasteiger partial charge is 0.618 e. The molecule has 84 valence electrons. The standard InChI is InChI=1S/C7H4F3N5O/c8-7(9,10)5-4(2-1-3-15(5)16)6-11-13-14-12-6/h1-3H,(H,11,12,13,14). The van der Waals surface area contributed by atoms with E-state index in [0.717, 1.165) is 12.3 Å². The maximum atomic E-state index is 12.6. The smallest absolute Gasteiger partial charge is 0.479 e. The molecule has 2 heterocycles. The molecule has 0 amide bonds. The van der Waals surface area contributed by atoms with Crippen LogP contribution in [0.15, 0.2) is 18.3 Å². The van der Waals surface area contributed by atoms with Crippen molar-refractivity contribution < 1.29 is 17.9 Å². The lowest BCUT2D eigenvalue weighted by Crippen LogP contribution is -2.37. The van der Waals surface area contributed by atoms with E-state index in [1.807, 2.05) is 5.21 Å². The summed E-state index contributed by atoms with van der Waals surface area (Å²) in [5.74, 6) is -0.280. The molecule has 0 aliphatic heterocycles. The Morgan fingerprint density at radius 1 is 1.38 bits per heavy atom. The number of rotatable bonds is 1. The summed E-state index contributed by atoms with van der Waals surface area (Å²) in [5, 5.41) is 23.1. The fourth-order valence-electron chi connectivity index (χ4n) is 1.22. The quantitative estimate of drug-likeness (QED) is 0.573. The van der Waals surface area contributed by atoms with Crippen molar-refractivity contribution in [1.29, 1.82) is 0 Å². The van der Waals surface area contributed by atoms with E-state index in [4.69, 9.17) is 0 Å². The summed E-state index contributed by atoms with van der Waals surface area (Å²) in [5.41, 5.74) is -1.78. The molecule has 0 aliphatic carbocycles. The van der Waals surface area contributed by atoms with Gasteiger partial charge >= 0.3 is 11.9 Å². The van der Waals surface area contributed by atoms with Crippen LogP contribution in [0.2, 0.25) is 0 Å².